The van der Waals surface area contributed by atoms with Crippen molar-refractivity contribution < 1.29 is 14.3 Å². The average molecular weight is 352 g/mol. The van der Waals surface area contributed by atoms with Crippen LogP contribution in [0.2, 0.25) is 0 Å². The van der Waals surface area contributed by atoms with Gasteiger partial charge >= 0.3 is 5.97 Å². The number of nitrogens with two attached hydrogens (primary N) is 1. The van der Waals surface area contributed by atoms with Gasteiger partial charge in [0.1, 0.15) is 6.04 Å². The zero-order valence-corrected chi connectivity index (χ0v) is 14.9. The third-order valence-electron chi connectivity index (χ3n) is 4.67. The molecule has 0 aromatic heterocycles. The summed E-state index contributed by atoms with van der Waals surface area (Å²) in [6.45, 7) is 2.38. The lowest BCUT2D eigenvalue weighted by Crippen LogP contribution is -2.72. The SMILES string of the molecule is CCCCOC(=O)[C@H]1[C@@H](N)C(=O)N1C(c1ccccc1)c1ccccc1. The smallest absolute Gasteiger partial charge is 0.331 e. The highest BCUT2D eigenvalue weighted by Gasteiger charge is 2.53. The lowest BCUT2D eigenvalue weighted by molar-refractivity contribution is -0.171. The molecule has 0 bridgehead atoms. The van der Waals surface area contributed by atoms with E-state index < -0.39 is 18.1 Å². The van der Waals surface area contributed by atoms with Crippen LogP contribution in [0.1, 0.15) is 36.9 Å². The van der Waals surface area contributed by atoms with Crippen molar-refractivity contribution in [3.63, 3.8) is 0 Å². The maximum atomic E-state index is 12.6. The van der Waals surface area contributed by atoms with Gasteiger partial charge in [0.05, 0.1) is 12.6 Å². The quantitative estimate of drug-likeness (QED) is 0.472. The average Bonchev–Trinajstić information content (AvgIpc) is 2.69. The molecule has 0 radical (unpaired) electrons. The summed E-state index contributed by atoms with van der Waals surface area (Å²) in [6.07, 6.45) is 1.73. The van der Waals surface area contributed by atoms with Crippen LogP contribution in [-0.4, -0.2) is 35.5 Å². The number of carbonyl (C=O) groups excluding carboxylic acids is 2. The predicted octanol–water partition coefficient (Wildman–Crippen LogP) is 2.66. The normalized spacial score (nSPS) is 19.3. The summed E-state index contributed by atoms with van der Waals surface area (Å²) in [5.41, 5.74) is 7.83. The zero-order valence-electron chi connectivity index (χ0n) is 14.9. The number of ether oxygens (including phenoxy) is 1. The van der Waals surface area contributed by atoms with Gasteiger partial charge in [-0.1, -0.05) is 74.0 Å². The largest absolute Gasteiger partial charge is 0.464 e. The molecule has 1 amide bonds. The van der Waals surface area contributed by atoms with Crippen molar-refractivity contribution in [3.8, 4) is 0 Å². The number of β-lactam (4-membered cyclic amide) rings is 1. The van der Waals surface area contributed by atoms with Crippen molar-refractivity contribution in [1.82, 2.24) is 4.90 Å². The van der Waals surface area contributed by atoms with Crippen LogP contribution in [0.25, 0.3) is 0 Å². The van der Waals surface area contributed by atoms with E-state index in [1.165, 1.54) is 0 Å². The van der Waals surface area contributed by atoms with E-state index in [9.17, 15) is 9.59 Å². The second kappa shape index (κ2) is 8.15. The van der Waals surface area contributed by atoms with Crippen LogP contribution < -0.4 is 5.73 Å². The summed E-state index contributed by atoms with van der Waals surface area (Å²) >= 11 is 0. The second-order valence-electron chi connectivity index (χ2n) is 6.46. The van der Waals surface area contributed by atoms with Crippen molar-refractivity contribution in [2.45, 2.75) is 37.9 Å². The van der Waals surface area contributed by atoms with Crippen molar-refractivity contribution in [1.29, 1.82) is 0 Å². The van der Waals surface area contributed by atoms with Crippen molar-refractivity contribution in [2.75, 3.05) is 6.61 Å². The van der Waals surface area contributed by atoms with Gasteiger partial charge in [-0.05, 0) is 17.5 Å². The van der Waals surface area contributed by atoms with E-state index in [4.69, 9.17) is 10.5 Å². The van der Waals surface area contributed by atoms with Gasteiger partial charge in [-0.15, -0.1) is 0 Å². The monoisotopic (exact) mass is 352 g/mol. The Labute approximate surface area is 153 Å². The molecule has 0 unspecified atom stereocenters. The first kappa shape index (κ1) is 18.1. The molecule has 2 atom stereocenters. The topological polar surface area (TPSA) is 72.6 Å². The predicted molar refractivity (Wildman–Crippen MR) is 99.2 cm³/mol. The highest BCUT2D eigenvalue weighted by Crippen LogP contribution is 2.36. The molecule has 2 aromatic carbocycles. The number of rotatable bonds is 7. The van der Waals surface area contributed by atoms with Gasteiger partial charge in [-0.3, -0.25) is 4.79 Å². The Bertz CT molecular complexity index is 709. The standard InChI is InChI=1S/C21H24N2O3/c1-2-3-14-26-21(25)19-17(22)20(24)23(19)18(15-10-6-4-7-11-15)16-12-8-5-9-13-16/h4-13,17-19H,2-3,14,22H2,1H3/t17-,19-/m1/s1. The van der Waals surface area contributed by atoms with Crippen LogP contribution in [-0.2, 0) is 14.3 Å². The molecule has 3 rings (SSSR count). The minimum absolute atomic E-state index is 0.236. The number of benzene rings is 2. The van der Waals surface area contributed by atoms with E-state index in [-0.39, 0.29) is 11.9 Å². The van der Waals surface area contributed by atoms with E-state index in [2.05, 4.69) is 0 Å². The lowest BCUT2D eigenvalue weighted by Gasteiger charge is -2.48. The van der Waals surface area contributed by atoms with E-state index >= 15 is 0 Å². The molecule has 1 aliphatic heterocycles. The molecule has 1 saturated heterocycles. The summed E-state index contributed by atoms with van der Waals surface area (Å²) in [7, 11) is 0. The van der Waals surface area contributed by atoms with Gasteiger partial charge < -0.3 is 15.4 Å². The van der Waals surface area contributed by atoms with E-state index in [1.807, 2.05) is 67.6 Å². The van der Waals surface area contributed by atoms with Crippen LogP contribution in [0, 0.1) is 0 Å². The molecular weight excluding hydrogens is 328 g/mol. The van der Waals surface area contributed by atoms with Gasteiger partial charge in [0, 0.05) is 0 Å². The van der Waals surface area contributed by atoms with Gasteiger partial charge in [0.2, 0.25) is 5.91 Å². The molecular formula is C21H24N2O3. The number of hydrogen-bond donors (Lipinski definition) is 1. The molecule has 1 fully saturated rings. The molecule has 2 aromatic rings. The summed E-state index contributed by atoms with van der Waals surface area (Å²) in [5.74, 6) is -0.664. The van der Waals surface area contributed by atoms with Crippen molar-refractivity contribution >= 4 is 11.9 Å². The second-order valence-corrected chi connectivity index (χ2v) is 6.46. The van der Waals surface area contributed by atoms with Crippen LogP contribution >= 0.6 is 0 Å². The third kappa shape index (κ3) is 3.48. The van der Waals surface area contributed by atoms with Gasteiger partial charge in [0.15, 0.2) is 6.04 Å². The van der Waals surface area contributed by atoms with Crippen LogP contribution in [0.15, 0.2) is 60.7 Å². The zero-order chi connectivity index (χ0) is 18.5. The minimum Gasteiger partial charge on any atom is -0.464 e. The third-order valence-corrected chi connectivity index (χ3v) is 4.67. The van der Waals surface area contributed by atoms with Crippen molar-refractivity contribution in [3.05, 3.63) is 71.8 Å². The fourth-order valence-electron chi connectivity index (χ4n) is 3.27. The summed E-state index contributed by atoms with van der Waals surface area (Å²) < 4.78 is 5.34. The Balaban J connectivity index is 1.92. The number of esters is 1. The maximum absolute atomic E-state index is 12.6. The van der Waals surface area contributed by atoms with E-state index in [0.29, 0.717) is 6.61 Å². The highest BCUT2D eigenvalue weighted by atomic mass is 16.5. The molecule has 26 heavy (non-hydrogen) atoms. The molecule has 5 nitrogen and oxygen atoms in total. The maximum Gasteiger partial charge on any atom is 0.331 e. The molecule has 136 valence electrons. The Kier molecular flexibility index (Phi) is 5.68. The number of amides is 1. The van der Waals surface area contributed by atoms with Crippen molar-refractivity contribution in [2.24, 2.45) is 5.73 Å². The molecule has 1 heterocycles. The van der Waals surface area contributed by atoms with E-state index in [0.717, 1.165) is 24.0 Å². The van der Waals surface area contributed by atoms with Crippen LogP contribution in [0.4, 0.5) is 0 Å². The number of likely N-dealkylation sites (tertiary alicyclic amines) is 1. The first-order chi connectivity index (χ1) is 12.6. The summed E-state index contributed by atoms with van der Waals surface area (Å²) in [6, 6.07) is 17.4. The Hall–Kier alpha value is -2.66. The fourth-order valence-corrected chi connectivity index (χ4v) is 3.27. The van der Waals surface area contributed by atoms with E-state index in [1.54, 1.807) is 4.90 Å². The summed E-state index contributed by atoms with van der Waals surface area (Å²) in [5, 5.41) is 0. The first-order valence-electron chi connectivity index (χ1n) is 8.99. The number of hydrogen-bond acceptors (Lipinski definition) is 4. The number of carbonyl (C=O) groups is 2. The van der Waals surface area contributed by atoms with Gasteiger partial charge in [-0.2, -0.15) is 0 Å². The Morgan fingerprint density at radius 3 is 2.12 bits per heavy atom. The Morgan fingerprint density at radius 2 is 1.62 bits per heavy atom. The summed E-state index contributed by atoms with van der Waals surface area (Å²) in [4.78, 5) is 26.7. The van der Waals surface area contributed by atoms with Gasteiger partial charge in [-0.25, -0.2) is 4.79 Å². The first-order valence-corrected chi connectivity index (χ1v) is 8.99. The number of nitrogens with zero attached hydrogens (tertiary/aromatic N) is 1. The van der Waals surface area contributed by atoms with Crippen LogP contribution in [0.5, 0.6) is 0 Å². The molecule has 0 saturated carbocycles. The Morgan fingerprint density at radius 1 is 1.08 bits per heavy atom. The lowest BCUT2D eigenvalue weighted by atomic mass is 9.87. The fraction of sp³-hybridized carbons (Fsp3) is 0.333. The molecule has 5 heteroatoms. The highest BCUT2D eigenvalue weighted by molar-refractivity contribution is 6.00. The number of unbranched alkanes of at least 4 members (excludes halogenated alkanes) is 1. The minimum atomic E-state index is -0.848. The molecule has 2 N–H and O–H groups in total. The molecule has 0 spiro atoms. The van der Waals surface area contributed by atoms with Gasteiger partial charge in [0.25, 0.3) is 0 Å². The molecule has 1 aliphatic rings. The van der Waals surface area contributed by atoms with Crippen LogP contribution in [0.3, 0.4) is 0 Å². The molecule has 0 aliphatic carbocycles.